The number of carbonyl (C=O) groups excluding carboxylic acids is 1. The van der Waals surface area contributed by atoms with Gasteiger partial charge in [-0.2, -0.15) is 0 Å². The summed E-state index contributed by atoms with van der Waals surface area (Å²) in [6.45, 7) is 1.88. The van der Waals surface area contributed by atoms with E-state index in [4.69, 9.17) is 0 Å². The van der Waals surface area contributed by atoms with Gasteiger partial charge in [-0.3, -0.25) is 4.79 Å². The van der Waals surface area contributed by atoms with Crippen molar-refractivity contribution in [2.75, 3.05) is 13.1 Å². The fraction of sp³-hybridized carbons (Fsp3) is 0.273. The molecule has 0 bridgehead atoms. The first kappa shape index (κ1) is 15.1. The van der Waals surface area contributed by atoms with Gasteiger partial charge in [0, 0.05) is 6.54 Å². The standard InChI is InChI=1S/C11H14N6O3S/c1-2-12-11(18)7-14-21(19,20)10-5-3-4-9(6-10)17-8-13-15-16-17/h3-6,8,14H,2,7H2,1H3,(H,12,18). The number of nitrogens with zero attached hydrogens (tertiary/aromatic N) is 4. The number of tetrazole rings is 1. The molecular weight excluding hydrogens is 296 g/mol. The number of rotatable bonds is 6. The Balaban J connectivity index is 2.17. The molecule has 0 aliphatic rings. The van der Waals surface area contributed by atoms with Crippen LogP contribution in [0, 0.1) is 0 Å². The van der Waals surface area contributed by atoms with Crippen molar-refractivity contribution in [1.29, 1.82) is 0 Å². The Morgan fingerprint density at radius 2 is 2.19 bits per heavy atom. The Morgan fingerprint density at radius 1 is 1.38 bits per heavy atom. The molecule has 112 valence electrons. The van der Waals surface area contributed by atoms with E-state index >= 15 is 0 Å². The zero-order valence-corrected chi connectivity index (χ0v) is 12.0. The van der Waals surface area contributed by atoms with Crippen LogP contribution in [0.1, 0.15) is 6.92 Å². The third kappa shape index (κ3) is 3.83. The first-order valence-electron chi connectivity index (χ1n) is 6.12. The van der Waals surface area contributed by atoms with E-state index in [1.807, 2.05) is 0 Å². The van der Waals surface area contributed by atoms with E-state index in [0.29, 0.717) is 12.2 Å². The summed E-state index contributed by atoms with van der Waals surface area (Å²) in [6, 6.07) is 6.07. The second-order valence-electron chi connectivity index (χ2n) is 4.03. The van der Waals surface area contributed by atoms with Crippen molar-refractivity contribution < 1.29 is 13.2 Å². The summed E-state index contributed by atoms with van der Waals surface area (Å²) >= 11 is 0. The smallest absolute Gasteiger partial charge is 0.241 e. The van der Waals surface area contributed by atoms with E-state index < -0.39 is 15.9 Å². The number of aromatic nitrogens is 4. The van der Waals surface area contributed by atoms with Crippen LogP contribution in [0.2, 0.25) is 0 Å². The molecule has 10 heteroatoms. The van der Waals surface area contributed by atoms with Gasteiger partial charge in [-0.15, -0.1) is 5.10 Å². The maximum absolute atomic E-state index is 12.1. The molecule has 21 heavy (non-hydrogen) atoms. The number of nitrogens with one attached hydrogen (secondary N) is 2. The molecule has 0 saturated carbocycles. The lowest BCUT2D eigenvalue weighted by molar-refractivity contribution is -0.119. The molecule has 0 radical (unpaired) electrons. The van der Waals surface area contributed by atoms with Crippen molar-refractivity contribution in [1.82, 2.24) is 30.2 Å². The molecule has 2 aromatic rings. The number of hydrogen-bond acceptors (Lipinski definition) is 6. The van der Waals surface area contributed by atoms with Crippen LogP contribution in [-0.4, -0.2) is 47.6 Å². The Kier molecular flexibility index (Phi) is 4.60. The fourth-order valence-corrected chi connectivity index (χ4v) is 2.60. The number of benzene rings is 1. The van der Waals surface area contributed by atoms with Crippen LogP contribution in [0.15, 0.2) is 35.5 Å². The molecule has 0 fully saturated rings. The highest BCUT2D eigenvalue weighted by Crippen LogP contribution is 2.13. The molecule has 1 amide bonds. The fourth-order valence-electron chi connectivity index (χ4n) is 1.58. The van der Waals surface area contributed by atoms with E-state index in [1.165, 1.54) is 23.1 Å². The van der Waals surface area contributed by atoms with Crippen LogP contribution in [-0.2, 0) is 14.8 Å². The van der Waals surface area contributed by atoms with Crippen molar-refractivity contribution in [3.8, 4) is 5.69 Å². The van der Waals surface area contributed by atoms with Gasteiger partial charge < -0.3 is 5.32 Å². The molecule has 1 aromatic carbocycles. The highest BCUT2D eigenvalue weighted by molar-refractivity contribution is 7.89. The van der Waals surface area contributed by atoms with Crippen LogP contribution >= 0.6 is 0 Å². The summed E-state index contributed by atoms with van der Waals surface area (Å²) in [5.41, 5.74) is 0.501. The second kappa shape index (κ2) is 6.41. The normalized spacial score (nSPS) is 11.3. The predicted molar refractivity (Wildman–Crippen MR) is 73.0 cm³/mol. The molecule has 2 rings (SSSR count). The molecule has 0 saturated heterocycles. The van der Waals surface area contributed by atoms with Gasteiger partial charge in [0.2, 0.25) is 15.9 Å². The Bertz CT molecular complexity index is 713. The number of carbonyl (C=O) groups is 1. The molecule has 9 nitrogen and oxygen atoms in total. The van der Waals surface area contributed by atoms with Crippen LogP contribution in [0.4, 0.5) is 0 Å². The zero-order chi connectivity index (χ0) is 15.3. The molecule has 2 N–H and O–H groups in total. The van der Waals surface area contributed by atoms with Crippen molar-refractivity contribution in [3.63, 3.8) is 0 Å². The minimum atomic E-state index is -3.78. The average molecular weight is 310 g/mol. The zero-order valence-electron chi connectivity index (χ0n) is 11.2. The highest BCUT2D eigenvalue weighted by atomic mass is 32.2. The molecule has 0 aliphatic carbocycles. The average Bonchev–Trinajstić information content (AvgIpc) is 3.00. The molecule has 1 heterocycles. The second-order valence-corrected chi connectivity index (χ2v) is 5.80. The monoisotopic (exact) mass is 310 g/mol. The molecule has 0 atom stereocenters. The van der Waals surface area contributed by atoms with Crippen molar-refractivity contribution in [2.24, 2.45) is 0 Å². The lowest BCUT2D eigenvalue weighted by Gasteiger charge is -2.08. The molecule has 0 unspecified atom stereocenters. The van der Waals surface area contributed by atoms with Crippen LogP contribution in [0.5, 0.6) is 0 Å². The molecule has 1 aromatic heterocycles. The Hall–Kier alpha value is -2.33. The largest absolute Gasteiger partial charge is 0.355 e. The first-order chi connectivity index (χ1) is 10.0. The molecule has 0 spiro atoms. The maximum atomic E-state index is 12.1. The van der Waals surface area contributed by atoms with Crippen molar-refractivity contribution >= 4 is 15.9 Å². The first-order valence-corrected chi connectivity index (χ1v) is 7.61. The van der Waals surface area contributed by atoms with Gasteiger partial charge in [0.05, 0.1) is 17.1 Å². The molecular formula is C11H14N6O3S. The van der Waals surface area contributed by atoms with Gasteiger partial charge in [0.1, 0.15) is 6.33 Å². The number of hydrogen-bond donors (Lipinski definition) is 2. The van der Waals surface area contributed by atoms with E-state index in [0.717, 1.165) is 0 Å². The predicted octanol–water partition coefficient (Wildman–Crippen LogP) is -0.923. The lowest BCUT2D eigenvalue weighted by atomic mass is 10.3. The van der Waals surface area contributed by atoms with Gasteiger partial charge in [0.25, 0.3) is 0 Å². The minimum Gasteiger partial charge on any atom is -0.355 e. The minimum absolute atomic E-state index is 0.0276. The van der Waals surface area contributed by atoms with E-state index in [-0.39, 0.29) is 11.4 Å². The SMILES string of the molecule is CCNC(=O)CNS(=O)(=O)c1cccc(-n2cnnn2)c1. The lowest BCUT2D eigenvalue weighted by Crippen LogP contribution is -2.36. The third-order valence-corrected chi connectivity index (χ3v) is 3.94. The topological polar surface area (TPSA) is 119 Å². The van der Waals surface area contributed by atoms with Crippen LogP contribution in [0.25, 0.3) is 5.69 Å². The van der Waals surface area contributed by atoms with Crippen molar-refractivity contribution in [2.45, 2.75) is 11.8 Å². The quantitative estimate of drug-likeness (QED) is 0.712. The van der Waals surface area contributed by atoms with Gasteiger partial charge in [-0.1, -0.05) is 6.07 Å². The Labute approximate surface area is 121 Å². The summed E-state index contributed by atoms with van der Waals surface area (Å²) in [7, 11) is -3.78. The number of likely N-dealkylation sites (N-methyl/N-ethyl adjacent to an activating group) is 1. The maximum Gasteiger partial charge on any atom is 0.241 e. The summed E-state index contributed by atoms with van der Waals surface area (Å²) in [5.74, 6) is -0.391. The van der Waals surface area contributed by atoms with Gasteiger partial charge in [-0.05, 0) is 35.5 Å². The van der Waals surface area contributed by atoms with Gasteiger partial charge >= 0.3 is 0 Å². The van der Waals surface area contributed by atoms with Gasteiger partial charge in [0.15, 0.2) is 0 Å². The number of sulfonamides is 1. The molecule has 0 aliphatic heterocycles. The number of amides is 1. The summed E-state index contributed by atoms with van der Waals surface area (Å²) in [4.78, 5) is 11.3. The van der Waals surface area contributed by atoms with Crippen LogP contribution < -0.4 is 10.0 Å². The Morgan fingerprint density at radius 3 is 2.86 bits per heavy atom. The van der Waals surface area contributed by atoms with E-state index in [9.17, 15) is 13.2 Å². The van der Waals surface area contributed by atoms with Crippen molar-refractivity contribution in [3.05, 3.63) is 30.6 Å². The summed E-state index contributed by atoms with van der Waals surface area (Å²) < 4.78 is 27.8. The third-order valence-electron chi connectivity index (χ3n) is 2.54. The van der Waals surface area contributed by atoms with E-state index in [1.54, 1.807) is 19.1 Å². The summed E-state index contributed by atoms with van der Waals surface area (Å²) in [5, 5.41) is 13.2. The summed E-state index contributed by atoms with van der Waals surface area (Å²) in [6.07, 6.45) is 1.36. The highest BCUT2D eigenvalue weighted by Gasteiger charge is 2.16. The van der Waals surface area contributed by atoms with E-state index in [2.05, 4.69) is 25.6 Å². The van der Waals surface area contributed by atoms with Crippen LogP contribution in [0.3, 0.4) is 0 Å². The van der Waals surface area contributed by atoms with Gasteiger partial charge in [-0.25, -0.2) is 17.8 Å².